The molecule has 0 atom stereocenters. The average molecular weight is 193 g/mol. The lowest BCUT2D eigenvalue weighted by molar-refractivity contribution is 0.263. The number of likely N-dealkylation sites (N-methyl/N-ethyl adjacent to an activating group) is 1. The van der Waals surface area contributed by atoms with Crippen molar-refractivity contribution < 1.29 is 0 Å². The molecule has 1 aromatic heterocycles. The first-order chi connectivity index (χ1) is 6.47. The third kappa shape index (κ3) is 4.35. The topological polar surface area (TPSA) is 42.2 Å². The van der Waals surface area contributed by atoms with Crippen molar-refractivity contribution in [3.05, 3.63) is 30.1 Å². The van der Waals surface area contributed by atoms with Crippen LogP contribution in [-0.4, -0.2) is 29.0 Å². The summed E-state index contributed by atoms with van der Waals surface area (Å²) in [6, 6.07) is 4.03. The number of pyridine rings is 1. The van der Waals surface area contributed by atoms with Crippen LogP contribution < -0.4 is 5.73 Å². The molecule has 3 nitrogen and oxygen atoms in total. The molecule has 3 heteroatoms. The van der Waals surface area contributed by atoms with E-state index in [1.807, 2.05) is 26.1 Å². The molecule has 0 saturated heterocycles. The summed E-state index contributed by atoms with van der Waals surface area (Å²) in [6.45, 7) is 5.84. The lowest BCUT2D eigenvalue weighted by Gasteiger charge is -2.26. The van der Waals surface area contributed by atoms with Crippen molar-refractivity contribution in [3.8, 4) is 0 Å². The van der Waals surface area contributed by atoms with Crippen molar-refractivity contribution in [1.29, 1.82) is 0 Å². The maximum atomic E-state index is 5.93. The van der Waals surface area contributed by atoms with Gasteiger partial charge in [0.2, 0.25) is 0 Å². The summed E-state index contributed by atoms with van der Waals surface area (Å²) in [4.78, 5) is 6.28. The summed E-state index contributed by atoms with van der Waals surface area (Å²) < 4.78 is 0. The Bertz CT molecular complexity index is 264. The van der Waals surface area contributed by atoms with E-state index in [9.17, 15) is 0 Å². The molecule has 0 aliphatic heterocycles. The second kappa shape index (κ2) is 4.53. The second-order valence-corrected chi connectivity index (χ2v) is 4.52. The van der Waals surface area contributed by atoms with Crippen LogP contribution in [0.25, 0.3) is 0 Å². The van der Waals surface area contributed by atoms with Crippen LogP contribution in [0.2, 0.25) is 0 Å². The van der Waals surface area contributed by atoms with Gasteiger partial charge in [-0.05, 0) is 32.5 Å². The van der Waals surface area contributed by atoms with Gasteiger partial charge in [-0.2, -0.15) is 0 Å². The Balaban J connectivity index is 2.46. The maximum Gasteiger partial charge on any atom is 0.0312 e. The van der Waals surface area contributed by atoms with Gasteiger partial charge in [0.25, 0.3) is 0 Å². The Morgan fingerprint density at radius 2 is 2.21 bits per heavy atom. The third-order valence-electron chi connectivity index (χ3n) is 1.85. The molecular weight excluding hydrogens is 174 g/mol. The molecule has 1 heterocycles. The largest absolute Gasteiger partial charge is 0.324 e. The normalized spacial score (nSPS) is 12.1. The molecule has 0 aliphatic carbocycles. The van der Waals surface area contributed by atoms with Crippen molar-refractivity contribution in [2.75, 3.05) is 13.6 Å². The number of aromatic nitrogens is 1. The molecule has 1 rings (SSSR count). The predicted octanol–water partition coefficient (Wildman–Crippen LogP) is 1.25. The van der Waals surface area contributed by atoms with Crippen LogP contribution in [0.5, 0.6) is 0 Å². The molecule has 0 radical (unpaired) electrons. The number of rotatable bonds is 4. The van der Waals surface area contributed by atoms with Gasteiger partial charge in [-0.1, -0.05) is 6.07 Å². The molecule has 0 saturated carbocycles. The highest BCUT2D eigenvalue weighted by atomic mass is 15.1. The van der Waals surface area contributed by atoms with Crippen LogP contribution in [-0.2, 0) is 6.54 Å². The van der Waals surface area contributed by atoms with Crippen molar-refractivity contribution in [2.45, 2.75) is 25.9 Å². The Kier molecular flexibility index (Phi) is 3.61. The zero-order valence-corrected chi connectivity index (χ0v) is 9.20. The molecule has 14 heavy (non-hydrogen) atoms. The number of hydrogen-bond donors (Lipinski definition) is 1. The lowest BCUT2D eigenvalue weighted by atomic mass is 10.1. The van der Waals surface area contributed by atoms with E-state index in [4.69, 9.17) is 5.73 Å². The summed E-state index contributed by atoms with van der Waals surface area (Å²) in [5.74, 6) is 0. The standard InChI is InChI=1S/C11H19N3/c1-11(2,12)9-14(3)8-10-5-4-6-13-7-10/h4-7H,8-9,12H2,1-3H3. The number of nitrogens with two attached hydrogens (primary N) is 1. The molecule has 2 N–H and O–H groups in total. The Labute approximate surface area is 85.9 Å². The fourth-order valence-electron chi connectivity index (χ4n) is 1.55. The molecule has 0 amide bonds. The van der Waals surface area contributed by atoms with Gasteiger partial charge < -0.3 is 10.6 Å². The molecule has 1 aromatic rings. The minimum atomic E-state index is -0.142. The zero-order valence-electron chi connectivity index (χ0n) is 9.20. The molecule has 78 valence electrons. The summed E-state index contributed by atoms with van der Waals surface area (Å²) in [5, 5.41) is 0. The minimum Gasteiger partial charge on any atom is -0.324 e. The molecule has 0 aliphatic rings. The molecule has 0 aromatic carbocycles. The maximum absolute atomic E-state index is 5.93. The van der Waals surface area contributed by atoms with Crippen molar-refractivity contribution in [3.63, 3.8) is 0 Å². The average Bonchev–Trinajstić information content (AvgIpc) is 2.02. The van der Waals surface area contributed by atoms with Crippen LogP contribution >= 0.6 is 0 Å². The zero-order chi connectivity index (χ0) is 10.6. The van der Waals surface area contributed by atoms with Crippen molar-refractivity contribution >= 4 is 0 Å². The van der Waals surface area contributed by atoms with Gasteiger partial charge >= 0.3 is 0 Å². The summed E-state index contributed by atoms with van der Waals surface area (Å²) >= 11 is 0. The highest BCUT2D eigenvalue weighted by Gasteiger charge is 2.13. The van der Waals surface area contributed by atoms with Crippen LogP contribution in [0.1, 0.15) is 19.4 Å². The van der Waals surface area contributed by atoms with E-state index in [0.29, 0.717) is 0 Å². The SMILES string of the molecule is CN(Cc1cccnc1)CC(C)(C)N. The van der Waals surface area contributed by atoms with Gasteiger partial charge in [-0.15, -0.1) is 0 Å². The van der Waals surface area contributed by atoms with Gasteiger partial charge in [0.15, 0.2) is 0 Å². The second-order valence-electron chi connectivity index (χ2n) is 4.52. The first-order valence-electron chi connectivity index (χ1n) is 4.84. The first-order valence-corrected chi connectivity index (χ1v) is 4.84. The van der Waals surface area contributed by atoms with Crippen LogP contribution in [0, 0.1) is 0 Å². The molecule has 0 unspecified atom stereocenters. The Morgan fingerprint density at radius 1 is 1.50 bits per heavy atom. The highest BCUT2D eigenvalue weighted by Crippen LogP contribution is 2.04. The van der Waals surface area contributed by atoms with E-state index in [1.165, 1.54) is 5.56 Å². The van der Waals surface area contributed by atoms with E-state index < -0.39 is 0 Å². The predicted molar refractivity (Wildman–Crippen MR) is 58.8 cm³/mol. The van der Waals surface area contributed by atoms with Gasteiger partial charge in [0.05, 0.1) is 0 Å². The molecule has 0 spiro atoms. The third-order valence-corrected chi connectivity index (χ3v) is 1.85. The summed E-state index contributed by atoms with van der Waals surface area (Å²) in [5.41, 5.74) is 7.01. The van der Waals surface area contributed by atoms with Crippen LogP contribution in [0.3, 0.4) is 0 Å². The van der Waals surface area contributed by atoms with Crippen molar-refractivity contribution in [1.82, 2.24) is 9.88 Å². The molecular formula is C11H19N3. The quantitative estimate of drug-likeness (QED) is 0.782. The van der Waals surface area contributed by atoms with E-state index >= 15 is 0 Å². The Morgan fingerprint density at radius 3 is 2.71 bits per heavy atom. The monoisotopic (exact) mass is 193 g/mol. The van der Waals surface area contributed by atoms with Gasteiger partial charge in [-0.25, -0.2) is 0 Å². The van der Waals surface area contributed by atoms with Crippen molar-refractivity contribution in [2.24, 2.45) is 5.73 Å². The first kappa shape index (κ1) is 11.1. The van der Waals surface area contributed by atoms with Gasteiger partial charge in [0, 0.05) is 31.0 Å². The van der Waals surface area contributed by atoms with Crippen LogP contribution in [0.4, 0.5) is 0 Å². The van der Waals surface area contributed by atoms with Crippen LogP contribution in [0.15, 0.2) is 24.5 Å². The summed E-state index contributed by atoms with van der Waals surface area (Å²) in [7, 11) is 2.07. The van der Waals surface area contributed by atoms with E-state index in [0.717, 1.165) is 13.1 Å². The minimum absolute atomic E-state index is 0.142. The van der Waals surface area contributed by atoms with Gasteiger partial charge in [0.1, 0.15) is 0 Å². The molecule has 0 bridgehead atoms. The highest BCUT2D eigenvalue weighted by molar-refractivity contribution is 5.08. The number of hydrogen-bond acceptors (Lipinski definition) is 3. The van der Waals surface area contributed by atoms with E-state index in [2.05, 4.69) is 23.0 Å². The fraction of sp³-hybridized carbons (Fsp3) is 0.545. The van der Waals surface area contributed by atoms with Gasteiger partial charge in [-0.3, -0.25) is 4.98 Å². The lowest BCUT2D eigenvalue weighted by Crippen LogP contribution is -2.43. The fourth-order valence-corrected chi connectivity index (χ4v) is 1.55. The Hall–Kier alpha value is -0.930. The van der Waals surface area contributed by atoms with E-state index in [1.54, 1.807) is 6.20 Å². The molecule has 0 fully saturated rings. The van der Waals surface area contributed by atoms with E-state index in [-0.39, 0.29) is 5.54 Å². The summed E-state index contributed by atoms with van der Waals surface area (Å²) in [6.07, 6.45) is 3.68. The smallest absolute Gasteiger partial charge is 0.0312 e. The number of nitrogens with zero attached hydrogens (tertiary/aromatic N) is 2.